The quantitative estimate of drug-likeness (QED) is 0.686. The van der Waals surface area contributed by atoms with Gasteiger partial charge in [-0.3, -0.25) is 14.0 Å². The van der Waals surface area contributed by atoms with E-state index in [1.807, 2.05) is 6.07 Å². The molecule has 32 heavy (non-hydrogen) atoms. The fourth-order valence-electron chi connectivity index (χ4n) is 3.76. The van der Waals surface area contributed by atoms with Gasteiger partial charge in [0.05, 0.1) is 18.9 Å². The first-order valence-corrected chi connectivity index (χ1v) is 12.0. The molecule has 0 unspecified atom stereocenters. The molecule has 2 heterocycles. The predicted molar refractivity (Wildman–Crippen MR) is 123 cm³/mol. The molecule has 1 fully saturated rings. The van der Waals surface area contributed by atoms with Crippen LogP contribution in [0.25, 0.3) is 5.76 Å². The number of fused-ring (bicyclic) bond motifs is 1. The summed E-state index contributed by atoms with van der Waals surface area (Å²) in [6.45, 7) is 3.65. The summed E-state index contributed by atoms with van der Waals surface area (Å²) in [7, 11) is -2.84. The van der Waals surface area contributed by atoms with Crippen LogP contribution in [-0.2, 0) is 32.6 Å². The number of halogens is 1. The lowest BCUT2D eigenvalue weighted by Gasteiger charge is -2.30. The van der Waals surface area contributed by atoms with Crippen LogP contribution in [0.2, 0.25) is 5.02 Å². The van der Waals surface area contributed by atoms with E-state index in [2.05, 4.69) is 10.2 Å². The molecule has 0 atom stereocenters. The number of ether oxygens (including phenoxy) is 1. The average Bonchev–Trinajstić information content (AvgIpc) is 2.78. The number of hydrogen-bond donors (Lipinski definition) is 2. The Kier molecular flexibility index (Phi) is 6.43. The largest absolute Gasteiger partial charge is 0.506 e. The lowest BCUT2D eigenvalue weighted by atomic mass is 10.0. The van der Waals surface area contributed by atoms with E-state index < -0.39 is 26.6 Å². The summed E-state index contributed by atoms with van der Waals surface area (Å²) in [6.07, 6.45) is 0. The molecular formula is C22H24ClN3O5S. The van der Waals surface area contributed by atoms with Crippen molar-refractivity contribution in [2.45, 2.75) is 13.1 Å². The van der Waals surface area contributed by atoms with Gasteiger partial charge in [-0.1, -0.05) is 29.8 Å². The number of carbonyl (C=O) groups excluding carboxylic acids is 1. The van der Waals surface area contributed by atoms with Crippen LogP contribution in [0.15, 0.2) is 47.4 Å². The van der Waals surface area contributed by atoms with Gasteiger partial charge in [-0.2, -0.15) is 0 Å². The number of aliphatic hydroxyl groups excluding tert-OH is 1. The molecule has 2 N–H and O–H groups in total. The van der Waals surface area contributed by atoms with Crippen molar-refractivity contribution in [2.24, 2.45) is 0 Å². The molecule has 0 aliphatic carbocycles. The Bertz CT molecular complexity index is 1160. The number of nitrogens with zero attached hydrogens (tertiary/aromatic N) is 2. The molecule has 0 spiro atoms. The molecule has 0 aromatic heterocycles. The van der Waals surface area contributed by atoms with Gasteiger partial charge < -0.3 is 15.2 Å². The van der Waals surface area contributed by atoms with Gasteiger partial charge in [-0.15, -0.1) is 0 Å². The summed E-state index contributed by atoms with van der Waals surface area (Å²) < 4.78 is 32.4. The van der Waals surface area contributed by atoms with Gasteiger partial charge in [0.25, 0.3) is 15.9 Å². The first-order chi connectivity index (χ1) is 15.3. The summed E-state index contributed by atoms with van der Waals surface area (Å²) in [5.41, 5.74) is 2.29. The number of amides is 1. The van der Waals surface area contributed by atoms with Gasteiger partial charge >= 0.3 is 0 Å². The Morgan fingerprint density at radius 1 is 1.12 bits per heavy atom. The normalized spacial score (nSPS) is 18.4. The molecule has 0 saturated carbocycles. The summed E-state index contributed by atoms with van der Waals surface area (Å²) in [4.78, 5) is 14.4. The van der Waals surface area contributed by atoms with E-state index in [1.54, 1.807) is 36.4 Å². The molecule has 2 aromatic carbocycles. The van der Waals surface area contributed by atoms with Crippen molar-refractivity contribution in [3.63, 3.8) is 0 Å². The molecule has 170 valence electrons. The molecule has 2 aliphatic rings. The minimum atomic E-state index is -4.21. The van der Waals surface area contributed by atoms with E-state index in [4.69, 9.17) is 16.3 Å². The van der Waals surface area contributed by atoms with Crippen LogP contribution in [-0.4, -0.2) is 57.7 Å². The maximum absolute atomic E-state index is 13.0. The number of benzene rings is 2. The van der Waals surface area contributed by atoms with Crippen LogP contribution in [0.1, 0.15) is 16.7 Å². The van der Waals surface area contributed by atoms with Gasteiger partial charge in [0, 0.05) is 43.8 Å². The summed E-state index contributed by atoms with van der Waals surface area (Å²) >= 11 is 5.87. The monoisotopic (exact) mass is 477 g/mol. The highest BCUT2D eigenvalue weighted by Gasteiger charge is 2.39. The average molecular weight is 478 g/mol. The zero-order valence-electron chi connectivity index (χ0n) is 17.5. The van der Waals surface area contributed by atoms with E-state index in [0.717, 1.165) is 28.5 Å². The van der Waals surface area contributed by atoms with E-state index in [1.165, 1.54) is 7.05 Å². The third-order valence-electron chi connectivity index (χ3n) is 5.57. The highest BCUT2D eigenvalue weighted by atomic mass is 35.5. The van der Waals surface area contributed by atoms with Crippen molar-refractivity contribution in [2.75, 3.05) is 37.7 Å². The number of hydrogen-bond acceptors (Lipinski definition) is 6. The molecule has 1 amide bonds. The van der Waals surface area contributed by atoms with Crippen molar-refractivity contribution in [3.8, 4) is 0 Å². The Hall–Kier alpha value is -2.59. The van der Waals surface area contributed by atoms with E-state index in [0.29, 0.717) is 36.0 Å². The van der Waals surface area contributed by atoms with Crippen LogP contribution < -0.4 is 9.62 Å². The first-order valence-electron chi connectivity index (χ1n) is 10.2. The van der Waals surface area contributed by atoms with Crippen LogP contribution in [0.3, 0.4) is 0 Å². The van der Waals surface area contributed by atoms with Gasteiger partial charge in [-0.25, -0.2) is 8.42 Å². The van der Waals surface area contributed by atoms with Crippen LogP contribution >= 0.6 is 11.6 Å². The number of anilines is 1. The molecule has 1 saturated heterocycles. The number of rotatable bonds is 5. The van der Waals surface area contributed by atoms with Gasteiger partial charge in [0.1, 0.15) is 0 Å². The zero-order chi connectivity index (χ0) is 22.9. The minimum Gasteiger partial charge on any atom is -0.506 e. The molecule has 2 aliphatic heterocycles. The van der Waals surface area contributed by atoms with Crippen molar-refractivity contribution < 1.29 is 23.1 Å². The SMILES string of the molecule is CN1c2ccc(CN3CCOCC3)cc2C(O)=C(C(=O)NCc2ccc(Cl)cc2)S1(=O)=O. The van der Waals surface area contributed by atoms with Crippen molar-refractivity contribution >= 4 is 39.0 Å². The number of morpholine rings is 1. The zero-order valence-corrected chi connectivity index (χ0v) is 19.1. The van der Waals surface area contributed by atoms with E-state index in [9.17, 15) is 18.3 Å². The van der Waals surface area contributed by atoms with Crippen molar-refractivity contribution in [1.29, 1.82) is 0 Å². The highest BCUT2D eigenvalue weighted by Crippen LogP contribution is 2.38. The maximum atomic E-state index is 13.0. The second kappa shape index (κ2) is 9.11. The molecule has 10 heteroatoms. The fraction of sp³-hybridized carbons (Fsp3) is 0.318. The summed E-state index contributed by atoms with van der Waals surface area (Å²) in [6, 6.07) is 12.0. The van der Waals surface area contributed by atoms with Gasteiger partial charge in [-0.05, 0) is 35.4 Å². The second-order valence-corrected chi connectivity index (χ2v) is 10.0. The number of sulfonamides is 1. The van der Waals surface area contributed by atoms with Gasteiger partial charge in [0.2, 0.25) is 0 Å². The molecular weight excluding hydrogens is 454 g/mol. The van der Waals surface area contributed by atoms with Crippen LogP contribution in [0.5, 0.6) is 0 Å². The van der Waals surface area contributed by atoms with E-state index in [-0.39, 0.29) is 6.54 Å². The molecule has 0 radical (unpaired) electrons. The highest BCUT2D eigenvalue weighted by molar-refractivity contribution is 7.97. The lowest BCUT2D eigenvalue weighted by Crippen LogP contribution is -2.39. The smallest absolute Gasteiger partial charge is 0.273 e. The maximum Gasteiger partial charge on any atom is 0.273 e. The third-order valence-corrected chi connectivity index (χ3v) is 7.64. The molecule has 2 aromatic rings. The molecule has 8 nitrogen and oxygen atoms in total. The Morgan fingerprint density at radius 2 is 1.78 bits per heavy atom. The Morgan fingerprint density at radius 3 is 2.47 bits per heavy atom. The first kappa shape index (κ1) is 22.6. The predicted octanol–water partition coefficient (Wildman–Crippen LogP) is 2.49. The van der Waals surface area contributed by atoms with Crippen LogP contribution in [0, 0.1) is 0 Å². The lowest BCUT2D eigenvalue weighted by molar-refractivity contribution is -0.117. The molecule has 0 bridgehead atoms. The Labute approximate surface area is 192 Å². The fourth-order valence-corrected chi connectivity index (χ4v) is 5.24. The van der Waals surface area contributed by atoms with E-state index >= 15 is 0 Å². The third kappa shape index (κ3) is 4.47. The van der Waals surface area contributed by atoms with Gasteiger partial charge in [0.15, 0.2) is 10.7 Å². The number of carbonyl (C=O) groups is 1. The topological polar surface area (TPSA) is 99.2 Å². The molecule has 4 rings (SSSR count). The summed E-state index contributed by atoms with van der Waals surface area (Å²) in [5.74, 6) is -1.41. The second-order valence-electron chi connectivity index (χ2n) is 7.70. The summed E-state index contributed by atoms with van der Waals surface area (Å²) in [5, 5.41) is 14.0. The number of aliphatic hydroxyl groups is 1. The minimum absolute atomic E-state index is 0.0932. The van der Waals surface area contributed by atoms with Crippen molar-refractivity contribution in [1.82, 2.24) is 10.2 Å². The van der Waals surface area contributed by atoms with Crippen molar-refractivity contribution in [3.05, 3.63) is 69.1 Å². The Balaban J connectivity index is 1.62. The standard InChI is InChI=1S/C22H24ClN3O5S/c1-25-19-7-4-16(14-26-8-10-31-11-9-26)12-18(19)20(27)21(32(25,29)30)22(28)24-13-15-2-5-17(23)6-3-15/h2-7,12,27H,8-11,13-14H2,1H3,(H,24,28). The number of nitrogens with one attached hydrogen (secondary N) is 1. The van der Waals surface area contributed by atoms with Crippen LogP contribution in [0.4, 0.5) is 5.69 Å².